The Hall–Kier alpha value is -3.35. The van der Waals surface area contributed by atoms with Crippen molar-refractivity contribution in [1.29, 1.82) is 0 Å². The van der Waals surface area contributed by atoms with Gasteiger partial charge in [-0.25, -0.2) is 9.48 Å². The number of benzene rings is 1. The van der Waals surface area contributed by atoms with Crippen LogP contribution in [0.2, 0.25) is 10.2 Å². The van der Waals surface area contributed by atoms with Crippen molar-refractivity contribution >= 4 is 57.2 Å². The molecule has 3 aliphatic rings. The molecular formula is C31H38Cl2N8O4. The predicted molar refractivity (Wildman–Crippen MR) is 173 cm³/mol. The number of rotatable bonds is 4. The van der Waals surface area contributed by atoms with E-state index in [2.05, 4.69) is 15.3 Å². The van der Waals surface area contributed by atoms with E-state index in [0.29, 0.717) is 55.9 Å². The second-order valence-electron chi connectivity index (χ2n) is 13.4. The fourth-order valence-electron chi connectivity index (χ4n) is 7.19. The van der Waals surface area contributed by atoms with Gasteiger partial charge in [-0.3, -0.25) is 14.0 Å². The van der Waals surface area contributed by atoms with Crippen molar-refractivity contribution in [3.63, 3.8) is 0 Å². The summed E-state index contributed by atoms with van der Waals surface area (Å²) >= 11 is 13.5. The van der Waals surface area contributed by atoms with Gasteiger partial charge in [-0.15, -0.1) is 0 Å². The Labute approximate surface area is 270 Å². The first-order valence-electron chi connectivity index (χ1n) is 15.6. The number of piperidine rings is 1. The van der Waals surface area contributed by atoms with Gasteiger partial charge >= 0.3 is 6.09 Å². The van der Waals surface area contributed by atoms with E-state index in [9.17, 15) is 9.59 Å². The van der Waals surface area contributed by atoms with Crippen LogP contribution in [-0.2, 0) is 23.6 Å². The average molecular weight is 658 g/mol. The third kappa shape index (κ3) is 5.24. The molecule has 3 fully saturated rings. The highest BCUT2D eigenvalue weighted by Gasteiger charge is 2.44. The number of alkyl carbamates (subject to hydrolysis) is 1. The molecule has 1 aromatic carbocycles. The van der Waals surface area contributed by atoms with Crippen molar-refractivity contribution in [2.24, 2.45) is 14.1 Å². The molecule has 3 saturated heterocycles. The van der Waals surface area contributed by atoms with Crippen LogP contribution in [-0.4, -0.2) is 65.5 Å². The molecule has 2 bridgehead atoms. The van der Waals surface area contributed by atoms with E-state index < -0.39 is 11.7 Å². The third-order valence-corrected chi connectivity index (χ3v) is 9.97. The molecule has 3 aliphatic heterocycles. The number of aryl methyl sites for hydroxylation is 1. The van der Waals surface area contributed by atoms with Gasteiger partial charge in [0.2, 0.25) is 5.95 Å². The second kappa shape index (κ2) is 11.2. The van der Waals surface area contributed by atoms with Crippen LogP contribution in [0.25, 0.3) is 33.2 Å². The van der Waals surface area contributed by atoms with E-state index in [-0.39, 0.29) is 29.9 Å². The van der Waals surface area contributed by atoms with E-state index in [1.807, 2.05) is 32.9 Å². The molecule has 240 valence electrons. The molecule has 6 heterocycles. The van der Waals surface area contributed by atoms with Gasteiger partial charge in [0, 0.05) is 44.4 Å². The number of anilines is 1. The van der Waals surface area contributed by atoms with Crippen LogP contribution in [0.4, 0.5) is 10.7 Å². The molecule has 14 heteroatoms. The Morgan fingerprint density at radius 1 is 1.04 bits per heavy atom. The van der Waals surface area contributed by atoms with Gasteiger partial charge in [0.1, 0.15) is 21.8 Å². The number of ether oxygens (including phenoxy) is 2. The molecular weight excluding hydrogens is 619 g/mol. The molecule has 7 rings (SSSR count). The third-order valence-electron chi connectivity index (χ3n) is 9.15. The van der Waals surface area contributed by atoms with Crippen molar-refractivity contribution in [3.8, 4) is 11.3 Å². The zero-order valence-corrected chi connectivity index (χ0v) is 27.7. The summed E-state index contributed by atoms with van der Waals surface area (Å²) in [4.78, 5) is 34.3. The topological polar surface area (TPSA) is 121 Å². The Bertz CT molecular complexity index is 1860. The first-order valence-corrected chi connectivity index (χ1v) is 16.4. The van der Waals surface area contributed by atoms with E-state index in [1.165, 1.54) is 0 Å². The molecule has 0 saturated carbocycles. The van der Waals surface area contributed by atoms with E-state index in [4.69, 9.17) is 42.8 Å². The fourth-order valence-corrected chi connectivity index (χ4v) is 7.80. The van der Waals surface area contributed by atoms with Gasteiger partial charge in [-0.1, -0.05) is 23.2 Å². The second-order valence-corrected chi connectivity index (χ2v) is 14.2. The summed E-state index contributed by atoms with van der Waals surface area (Å²) < 4.78 is 16.6. The maximum absolute atomic E-state index is 14.3. The summed E-state index contributed by atoms with van der Waals surface area (Å²) in [6.45, 7) is 6.18. The van der Waals surface area contributed by atoms with Crippen LogP contribution in [0.3, 0.4) is 0 Å². The highest BCUT2D eigenvalue weighted by Crippen LogP contribution is 2.42. The van der Waals surface area contributed by atoms with Crippen LogP contribution in [0.1, 0.15) is 71.9 Å². The largest absolute Gasteiger partial charge is 0.444 e. The normalized spacial score (nSPS) is 23.7. The lowest BCUT2D eigenvalue weighted by Gasteiger charge is -2.40. The number of fused-ring (bicyclic) bond motifs is 4. The molecule has 2 unspecified atom stereocenters. The fraction of sp³-hybridized carbons (Fsp3) is 0.581. The SMILES string of the molecule is Cn1nc2ccc(-c3nn(C4CCCCO4)c4nc(N5[C@@H]6CC[C@H]5CC(NC(=O)OC(C)(C)C)C6)n(C)c(=O)c34)c(Cl)c2c1Cl. The first-order chi connectivity index (χ1) is 21.4. The number of hydrogen-bond acceptors (Lipinski definition) is 8. The standard InChI is InChI=1S/C31H38Cl2N8O4/c1-31(2,3)45-30(43)34-16-14-17-9-10-18(15-16)40(17)29-35-27-23(28(42)38(29)4)25(37-41(27)21-8-6-7-13-44-21)19-11-12-20-22(24(19)32)26(33)39(5)36-20/h11-12,16-18,21H,6-10,13-15H2,1-5H3,(H,34,43)/t16?,17-,18+,21?. The van der Waals surface area contributed by atoms with Gasteiger partial charge in [0.15, 0.2) is 11.9 Å². The molecule has 4 atom stereocenters. The first kappa shape index (κ1) is 30.3. The van der Waals surface area contributed by atoms with E-state index in [0.717, 1.165) is 44.9 Å². The summed E-state index contributed by atoms with van der Waals surface area (Å²) in [5, 5.41) is 14.3. The zero-order valence-electron chi connectivity index (χ0n) is 26.1. The monoisotopic (exact) mass is 656 g/mol. The average Bonchev–Trinajstić information content (AvgIpc) is 3.59. The van der Waals surface area contributed by atoms with Crippen LogP contribution in [0, 0.1) is 0 Å². The van der Waals surface area contributed by atoms with Crippen molar-refractivity contribution < 1.29 is 14.3 Å². The maximum Gasteiger partial charge on any atom is 0.407 e. The lowest BCUT2D eigenvalue weighted by molar-refractivity contribution is -0.0368. The molecule has 4 aromatic rings. The summed E-state index contributed by atoms with van der Waals surface area (Å²) in [7, 11) is 3.52. The summed E-state index contributed by atoms with van der Waals surface area (Å²) in [6, 6.07) is 3.89. The Morgan fingerprint density at radius 2 is 1.78 bits per heavy atom. The van der Waals surface area contributed by atoms with Crippen molar-refractivity contribution in [1.82, 2.24) is 34.4 Å². The number of amides is 1. The number of nitrogens with one attached hydrogen (secondary N) is 1. The molecule has 0 radical (unpaired) electrons. The summed E-state index contributed by atoms with van der Waals surface area (Å²) in [5.74, 6) is 0.594. The van der Waals surface area contributed by atoms with Crippen LogP contribution < -0.4 is 15.8 Å². The summed E-state index contributed by atoms with van der Waals surface area (Å²) in [5.41, 5.74) is 1.37. The van der Waals surface area contributed by atoms with Gasteiger partial charge in [-0.2, -0.15) is 15.2 Å². The highest BCUT2D eigenvalue weighted by molar-refractivity contribution is 6.43. The lowest BCUT2D eigenvalue weighted by atomic mass is 9.98. The van der Waals surface area contributed by atoms with Crippen molar-refractivity contribution in [2.45, 2.75) is 95.7 Å². The van der Waals surface area contributed by atoms with Crippen LogP contribution >= 0.6 is 23.2 Å². The van der Waals surface area contributed by atoms with Crippen molar-refractivity contribution in [2.75, 3.05) is 11.5 Å². The van der Waals surface area contributed by atoms with E-state index in [1.54, 1.807) is 28.0 Å². The Balaban J connectivity index is 1.31. The van der Waals surface area contributed by atoms with Crippen LogP contribution in [0.5, 0.6) is 0 Å². The molecule has 0 aliphatic carbocycles. The molecule has 1 amide bonds. The van der Waals surface area contributed by atoms with Gasteiger partial charge in [0.05, 0.1) is 15.9 Å². The summed E-state index contributed by atoms with van der Waals surface area (Å²) in [6.07, 6.45) is 5.33. The minimum Gasteiger partial charge on any atom is -0.444 e. The zero-order chi connectivity index (χ0) is 31.8. The Morgan fingerprint density at radius 3 is 2.44 bits per heavy atom. The molecule has 12 nitrogen and oxygen atoms in total. The number of halogens is 2. The van der Waals surface area contributed by atoms with Crippen LogP contribution in [0.15, 0.2) is 16.9 Å². The van der Waals surface area contributed by atoms with Gasteiger partial charge < -0.3 is 19.7 Å². The van der Waals surface area contributed by atoms with Gasteiger partial charge in [-0.05, 0) is 77.8 Å². The quantitative estimate of drug-likeness (QED) is 0.296. The lowest BCUT2D eigenvalue weighted by Crippen LogP contribution is -2.52. The number of nitrogens with zero attached hydrogens (tertiary/aromatic N) is 7. The maximum atomic E-state index is 14.3. The number of carbonyl (C=O) groups is 1. The van der Waals surface area contributed by atoms with E-state index >= 15 is 0 Å². The smallest absolute Gasteiger partial charge is 0.407 e. The minimum absolute atomic E-state index is 0.0153. The van der Waals surface area contributed by atoms with Gasteiger partial charge in [0.25, 0.3) is 5.56 Å². The predicted octanol–water partition coefficient (Wildman–Crippen LogP) is 5.71. The number of hydrogen-bond donors (Lipinski definition) is 1. The highest BCUT2D eigenvalue weighted by atomic mass is 35.5. The Kier molecular flexibility index (Phi) is 7.52. The number of carbonyl (C=O) groups excluding carboxylic acids is 1. The molecule has 0 spiro atoms. The minimum atomic E-state index is -0.564. The molecule has 45 heavy (non-hydrogen) atoms. The van der Waals surface area contributed by atoms with Crippen molar-refractivity contribution in [3.05, 3.63) is 32.7 Å². The molecule has 1 N–H and O–H groups in total. The number of aromatic nitrogens is 6. The molecule has 3 aromatic heterocycles.